The lowest BCUT2D eigenvalue weighted by Crippen LogP contribution is -2.34. The topological polar surface area (TPSA) is 66.3 Å². The van der Waals surface area contributed by atoms with E-state index in [2.05, 4.69) is 10.6 Å². The van der Waals surface area contributed by atoms with Crippen LogP contribution in [-0.4, -0.2) is 34.8 Å². The van der Waals surface area contributed by atoms with Crippen molar-refractivity contribution in [2.24, 2.45) is 0 Å². The second-order valence-electron chi connectivity index (χ2n) is 4.94. The molecule has 2 heterocycles. The van der Waals surface area contributed by atoms with Gasteiger partial charge in [0.25, 0.3) is 5.91 Å². The molecule has 0 saturated carbocycles. The SMILES string of the molecule is C[C@@H](O)CNc1ccc2c(c1)cc1n2CCNC1=O. The van der Waals surface area contributed by atoms with Crippen LogP contribution in [0, 0.1) is 0 Å². The van der Waals surface area contributed by atoms with Gasteiger partial charge < -0.3 is 20.3 Å². The number of rotatable bonds is 3. The van der Waals surface area contributed by atoms with E-state index in [1.165, 1.54) is 0 Å². The van der Waals surface area contributed by atoms with Crippen LogP contribution in [0.1, 0.15) is 17.4 Å². The van der Waals surface area contributed by atoms with E-state index in [9.17, 15) is 9.90 Å². The average Bonchev–Trinajstić information content (AvgIpc) is 2.76. The molecule has 0 bridgehead atoms. The van der Waals surface area contributed by atoms with Crippen molar-refractivity contribution in [2.45, 2.75) is 19.6 Å². The van der Waals surface area contributed by atoms with Crippen molar-refractivity contribution in [1.29, 1.82) is 0 Å². The van der Waals surface area contributed by atoms with E-state index < -0.39 is 0 Å². The maximum atomic E-state index is 11.8. The van der Waals surface area contributed by atoms with Gasteiger partial charge >= 0.3 is 0 Å². The van der Waals surface area contributed by atoms with Crippen LogP contribution >= 0.6 is 0 Å². The van der Waals surface area contributed by atoms with Gasteiger partial charge in [-0.15, -0.1) is 0 Å². The second-order valence-corrected chi connectivity index (χ2v) is 4.94. The van der Waals surface area contributed by atoms with Gasteiger partial charge in [-0.3, -0.25) is 4.79 Å². The molecule has 100 valence electrons. The predicted octanol–water partition coefficient (Wildman–Crippen LogP) is 1.18. The van der Waals surface area contributed by atoms with Crippen molar-refractivity contribution in [3.63, 3.8) is 0 Å². The molecular weight excluding hydrogens is 242 g/mol. The van der Waals surface area contributed by atoms with E-state index in [1.54, 1.807) is 6.92 Å². The van der Waals surface area contributed by atoms with Gasteiger partial charge in [-0.25, -0.2) is 0 Å². The number of carbonyl (C=O) groups excluding carboxylic acids is 1. The first-order valence-corrected chi connectivity index (χ1v) is 6.48. The fraction of sp³-hybridized carbons (Fsp3) is 0.357. The molecule has 19 heavy (non-hydrogen) atoms. The maximum Gasteiger partial charge on any atom is 0.268 e. The van der Waals surface area contributed by atoms with Crippen LogP contribution in [0.15, 0.2) is 24.3 Å². The van der Waals surface area contributed by atoms with Crippen molar-refractivity contribution in [1.82, 2.24) is 9.88 Å². The summed E-state index contributed by atoms with van der Waals surface area (Å²) in [5.74, 6) is -0.0130. The standard InChI is InChI=1S/C14H17N3O2/c1-9(18)8-16-11-2-3-12-10(6-11)7-13-14(19)15-4-5-17(12)13/h2-3,6-7,9,16,18H,4-5,8H2,1H3,(H,15,19)/t9-/m1/s1. The molecule has 5 heteroatoms. The van der Waals surface area contributed by atoms with Crippen molar-refractivity contribution >= 4 is 22.5 Å². The molecule has 0 aliphatic carbocycles. The first-order valence-electron chi connectivity index (χ1n) is 6.48. The smallest absolute Gasteiger partial charge is 0.268 e. The number of aliphatic hydroxyl groups excluding tert-OH is 1. The van der Waals surface area contributed by atoms with E-state index in [1.807, 2.05) is 28.8 Å². The molecule has 0 saturated heterocycles. The Morgan fingerprint density at radius 2 is 2.32 bits per heavy atom. The van der Waals surface area contributed by atoms with Gasteiger partial charge in [0.05, 0.1) is 6.10 Å². The van der Waals surface area contributed by atoms with E-state index in [-0.39, 0.29) is 12.0 Å². The Morgan fingerprint density at radius 3 is 3.11 bits per heavy atom. The molecule has 2 aromatic rings. The number of hydrogen-bond acceptors (Lipinski definition) is 3. The number of aliphatic hydroxyl groups is 1. The van der Waals surface area contributed by atoms with Gasteiger partial charge in [0.1, 0.15) is 5.69 Å². The Bertz CT molecular complexity index is 631. The lowest BCUT2D eigenvalue weighted by atomic mass is 10.2. The highest BCUT2D eigenvalue weighted by Crippen LogP contribution is 2.24. The largest absolute Gasteiger partial charge is 0.392 e. The molecule has 0 fully saturated rings. The van der Waals surface area contributed by atoms with Gasteiger partial charge in [0.2, 0.25) is 0 Å². The number of aromatic nitrogens is 1. The van der Waals surface area contributed by atoms with E-state index in [0.29, 0.717) is 18.8 Å². The summed E-state index contributed by atoms with van der Waals surface area (Å²) in [6.07, 6.45) is -0.385. The average molecular weight is 259 g/mol. The summed E-state index contributed by atoms with van der Waals surface area (Å²) in [7, 11) is 0. The van der Waals surface area contributed by atoms with Gasteiger partial charge in [-0.1, -0.05) is 0 Å². The number of anilines is 1. The Balaban J connectivity index is 1.98. The zero-order valence-corrected chi connectivity index (χ0v) is 10.8. The molecule has 3 N–H and O–H groups in total. The van der Waals surface area contributed by atoms with Crippen LogP contribution in [0.4, 0.5) is 5.69 Å². The molecule has 0 spiro atoms. The minimum atomic E-state index is -0.385. The van der Waals surface area contributed by atoms with E-state index in [4.69, 9.17) is 0 Å². The van der Waals surface area contributed by atoms with Gasteiger partial charge in [-0.05, 0) is 31.2 Å². The Labute approximate surface area is 111 Å². The lowest BCUT2D eigenvalue weighted by molar-refractivity contribution is 0.0929. The number of nitrogens with zero attached hydrogens (tertiary/aromatic N) is 1. The molecule has 3 rings (SSSR count). The number of carbonyl (C=O) groups is 1. The summed E-state index contributed by atoms with van der Waals surface area (Å²) in [6, 6.07) is 7.92. The van der Waals surface area contributed by atoms with Gasteiger partial charge in [-0.2, -0.15) is 0 Å². The zero-order valence-electron chi connectivity index (χ0n) is 10.8. The molecule has 0 unspecified atom stereocenters. The number of nitrogens with one attached hydrogen (secondary N) is 2. The highest BCUT2D eigenvalue weighted by atomic mass is 16.3. The first kappa shape index (κ1) is 12.0. The summed E-state index contributed by atoms with van der Waals surface area (Å²) in [5, 5.41) is 16.3. The Kier molecular flexibility index (Phi) is 2.91. The van der Waals surface area contributed by atoms with E-state index in [0.717, 1.165) is 23.1 Å². The predicted molar refractivity (Wildman–Crippen MR) is 74.4 cm³/mol. The first-order chi connectivity index (χ1) is 9.15. The molecule has 1 atom stereocenters. The van der Waals surface area contributed by atoms with Crippen LogP contribution in [-0.2, 0) is 6.54 Å². The van der Waals surface area contributed by atoms with Crippen molar-refractivity contribution < 1.29 is 9.90 Å². The minimum Gasteiger partial charge on any atom is -0.392 e. The van der Waals surface area contributed by atoms with Crippen molar-refractivity contribution in [3.8, 4) is 0 Å². The summed E-state index contributed by atoms with van der Waals surface area (Å²) in [6.45, 7) is 3.75. The van der Waals surface area contributed by atoms with Crippen LogP contribution in [0.25, 0.3) is 10.9 Å². The van der Waals surface area contributed by atoms with Crippen LogP contribution in [0.5, 0.6) is 0 Å². The van der Waals surface area contributed by atoms with Gasteiger partial charge in [0, 0.05) is 36.2 Å². The number of hydrogen-bond donors (Lipinski definition) is 3. The molecule has 0 radical (unpaired) electrons. The van der Waals surface area contributed by atoms with Crippen LogP contribution in [0.3, 0.4) is 0 Å². The Morgan fingerprint density at radius 1 is 1.47 bits per heavy atom. The maximum absolute atomic E-state index is 11.8. The second kappa shape index (κ2) is 4.59. The lowest BCUT2D eigenvalue weighted by Gasteiger charge is -2.16. The summed E-state index contributed by atoms with van der Waals surface area (Å²) in [5.41, 5.74) is 2.75. The fourth-order valence-corrected chi connectivity index (χ4v) is 2.45. The highest BCUT2D eigenvalue weighted by molar-refractivity contribution is 6.00. The molecule has 1 aliphatic rings. The monoisotopic (exact) mass is 259 g/mol. The zero-order chi connectivity index (χ0) is 13.4. The molecule has 1 aromatic carbocycles. The third kappa shape index (κ3) is 2.17. The summed E-state index contributed by atoms with van der Waals surface area (Å²) < 4.78 is 2.05. The summed E-state index contributed by atoms with van der Waals surface area (Å²) in [4.78, 5) is 11.8. The van der Waals surface area contributed by atoms with Crippen molar-refractivity contribution in [3.05, 3.63) is 30.0 Å². The molecule has 1 amide bonds. The molecule has 5 nitrogen and oxygen atoms in total. The van der Waals surface area contributed by atoms with Crippen molar-refractivity contribution in [2.75, 3.05) is 18.4 Å². The highest BCUT2D eigenvalue weighted by Gasteiger charge is 2.19. The van der Waals surface area contributed by atoms with Crippen LogP contribution in [0.2, 0.25) is 0 Å². The Hall–Kier alpha value is -2.01. The minimum absolute atomic E-state index is 0.0130. The fourth-order valence-electron chi connectivity index (χ4n) is 2.45. The molecule has 1 aliphatic heterocycles. The van der Waals surface area contributed by atoms with Crippen LogP contribution < -0.4 is 10.6 Å². The number of fused-ring (bicyclic) bond motifs is 3. The quantitative estimate of drug-likeness (QED) is 0.775. The van der Waals surface area contributed by atoms with Gasteiger partial charge in [0.15, 0.2) is 0 Å². The number of benzene rings is 1. The normalized spacial score (nSPS) is 16.0. The van der Waals surface area contributed by atoms with E-state index >= 15 is 0 Å². The third-order valence-corrected chi connectivity index (χ3v) is 3.36. The summed E-state index contributed by atoms with van der Waals surface area (Å²) >= 11 is 0. The molecule has 1 aromatic heterocycles. The number of amides is 1. The third-order valence-electron chi connectivity index (χ3n) is 3.36. The molecular formula is C14H17N3O2.